The van der Waals surface area contributed by atoms with Crippen molar-refractivity contribution in [1.29, 1.82) is 0 Å². The summed E-state index contributed by atoms with van der Waals surface area (Å²) >= 11 is 0. The van der Waals surface area contributed by atoms with E-state index in [4.69, 9.17) is 4.74 Å². The van der Waals surface area contributed by atoms with Crippen molar-refractivity contribution in [2.75, 3.05) is 17.3 Å². The van der Waals surface area contributed by atoms with Gasteiger partial charge in [0.25, 0.3) is 0 Å². The second kappa shape index (κ2) is 8.15. The van der Waals surface area contributed by atoms with Gasteiger partial charge in [0.15, 0.2) is 5.82 Å². The van der Waals surface area contributed by atoms with E-state index in [-0.39, 0.29) is 35.7 Å². The van der Waals surface area contributed by atoms with Crippen molar-refractivity contribution < 1.29 is 17.9 Å². The highest BCUT2D eigenvalue weighted by Gasteiger charge is 2.30. The summed E-state index contributed by atoms with van der Waals surface area (Å²) in [6.07, 6.45) is 1.87. The summed E-state index contributed by atoms with van der Waals surface area (Å²) in [6.45, 7) is 3.93. The highest BCUT2D eigenvalue weighted by atomic mass is 32.2. The van der Waals surface area contributed by atoms with E-state index in [9.17, 15) is 13.2 Å². The number of ether oxygens (including phenoxy) is 1. The molecule has 0 bridgehead atoms. The average Bonchev–Trinajstić information content (AvgIpc) is 3.30. The molecule has 0 unspecified atom stereocenters. The third kappa shape index (κ3) is 4.36. The van der Waals surface area contributed by atoms with E-state index in [0.29, 0.717) is 17.2 Å². The summed E-state index contributed by atoms with van der Waals surface area (Å²) in [5.41, 5.74) is 1.92. The molecular weight excluding hydrogens is 408 g/mol. The van der Waals surface area contributed by atoms with Crippen LogP contribution >= 0.6 is 0 Å². The van der Waals surface area contributed by atoms with E-state index < -0.39 is 10.0 Å². The van der Waals surface area contributed by atoms with Gasteiger partial charge in [0.1, 0.15) is 11.0 Å². The SMILES string of the molecule is CC(C)NC(=O)O[C@@H]1CC[C@H](c2cc(Nc3cccc4c3S(=O)(=O)NCN4)n[nH]2)C1. The molecule has 1 aromatic carbocycles. The Morgan fingerprint density at radius 2 is 2.13 bits per heavy atom. The number of anilines is 3. The highest BCUT2D eigenvalue weighted by molar-refractivity contribution is 7.90. The van der Waals surface area contributed by atoms with Gasteiger partial charge < -0.3 is 20.7 Å². The first-order valence-corrected chi connectivity index (χ1v) is 11.5. The fraction of sp³-hybridized carbons (Fsp3) is 0.474. The number of hydrogen-bond acceptors (Lipinski definition) is 7. The van der Waals surface area contributed by atoms with Crippen molar-refractivity contribution >= 4 is 33.3 Å². The van der Waals surface area contributed by atoms with E-state index in [0.717, 1.165) is 25.0 Å². The molecule has 1 aliphatic carbocycles. The second-order valence-electron chi connectivity index (χ2n) is 7.85. The van der Waals surface area contributed by atoms with E-state index in [1.807, 2.05) is 19.9 Å². The Morgan fingerprint density at radius 1 is 1.30 bits per heavy atom. The van der Waals surface area contributed by atoms with Crippen LogP contribution in [0.3, 0.4) is 0 Å². The fourth-order valence-corrected chi connectivity index (χ4v) is 5.11. The number of benzene rings is 1. The lowest BCUT2D eigenvalue weighted by Gasteiger charge is -2.21. The number of nitrogens with one attached hydrogen (secondary N) is 5. The number of aromatic nitrogens is 2. The molecule has 1 saturated carbocycles. The molecule has 2 heterocycles. The van der Waals surface area contributed by atoms with Crippen LogP contribution in [0.4, 0.5) is 22.0 Å². The lowest BCUT2D eigenvalue weighted by molar-refractivity contribution is 0.0981. The minimum Gasteiger partial charge on any atom is -0.446 e. The molecule has 5 N–H and O–H groups in total. The molecular formula is C19H26N6O4S. The lowest BCUT2D eigenvalue weighted by Crippen LogP contribution is -2.35. The van der Waals surface area contributed by atoms with E-state index in [2.05, 4.69) is 30.9 Å². The van der Waals surface area contributed by atoms with E-state index in [1.165, 1.54) is 0 Å². The van der Waals surface area contributed by atoms with Gasteiger partial charge in [-0.3, -0.25) is 5.10 Å². The molecule has 0 radical (unpaired) electrons. The Kier molecular flexibility index (Phi) is 5.56. The van der Waals surface area contributed by atoms with Crippen molar-refractivity contribution in [2.45, 2.75) is 56.1 Å². The third-order valence-electron chi connectivity index (χ3n) is 5.19. The smallest absolute Gasteiger partial charge is 0.407 e. The number of amides is 1. The number of carbonyl (C=O) groups is 1. The standard InChI is InChI=1S/C19H26N6O4S/c1-11(2)22-19(26)29-13-7-6-12(8-13)16-9-17(25-24-16)23-15-5-3-4-14-18(15)30(27,28)21-10-20-14/h3-5,9,11-13,20-21H,6-8,10H2,1-2H3,(H,22,26)(H2,23,24,25)/t12-,13+/m0/s1. The van der Waals surface area contributed by atoms with Gasteiger partial charge in [-0.15, -0.1) is 0 Å². The summed E-state index contributed by atoms with van der Waals surface area (Å²) in [4.78, 5) is 12.0. The Morgan fingerprint density at radius 3 is 2.93 bits per heavy atom. The number of fused-ring (bicyclic) bond motifs is 1. The van der Waals surface area contributed by atoms with Crippen LogP contribution in [0.5, 0.6) is 0 Å². The third-order valence-corrected chi connectivity index (χ3v) is 6.69. The van der Waals surface area contributed by atoms with Crippen molar-refractivity contribution in [2.24, 2.45) is 0 Å². The molecule has 1 aliphatic heterocycles. The van der Waals surface area contributed by atoms with Crippen molar-refractivity contribution in [3.8, 4) is 0 Å². The molecule has 2 aromatic rings. The molecule has 1 fully saturated rings. The molecule has 2 atom stereocenters. The molecule has 0 spiro atoms. The Balaban J connectivity index is 1.43. The van der Waals surface area contributed by atoms with Crippen LogP contribution in [-0.2, 0) is 14.8 Å². The maximum absolute atomic E-state index is 12.4. The first-order valence-electron chi connectivity index (χ1n) is 9.98. The van der Waals surface area contributed by atoms with Crippen molar-refractivity contribution in [1.82, 2.24) is 20.2 Å². The summed E-state index contributed by atoms with van der Waals surface area (Å²) < 4.78 is 32.8. The van der Waals surface area contributed by atoms with Gasteiger partial charge >= 0.3 is 6.09 Å². The van der Waals surface area contributed by atoms with Gasteiger partial charge in [0, 0.05) is 23.7 Å². The minimum atomic E-state index is -3.60. The zero-order chi connectivity index (χ0) is 21.3. The maximum atomic E-state index is 12.4. The largest absolute Gasteiger partial charge is 0.446 e. The quantitative estimate of drug-likeness (QED) is 0.488. The Bertz CT molecular complexity index is 1040. The summed E-state index contributed by atoms with van der Waals surface area (Å²) in [5.74, 6) is 0.725. The number of nitrogens with zero attached hydrogens (tertiary/aromatic N) is 1. The molecule has 11 heteroatoms. The Labute approximate surface area is 175 Å². The van der Waals surface area contributed by atoms with Crippen LogP contribution < -0.4 is 20.7 Å². The fourth-order valence-electron chi connectivity index (χ4n) is 3.86. The number of H-pyrrole nitrogens is 1. The average molecular weight is 435 g/mol. The predicted octanol–water partition coefficient (Wildman–Crippen LogP) is 2.59. The van der Waals surface area contributed by atoms with Gasteiger partial charge in [-0.25, -0.2) is 13.2 Å². The second-order valence-corrected chi connectivity index (χ2v) is 9.56. The van der Waals surface area contributed by atoms with Gasteiger partial charge in [0.2, 0.25) is 10.0 Å². The maximum Gasteiger partial charge on any atom is 0.407 e. The molecule has 1 amide bonds. The summed E-state index contributed by atoms with van der Waals surface area (Å²) in [5, 5.41) is 16.2. The number of sulfonamides is 1. The zero-order valence-electron chi connectivity index (χ0n) is 16.9. The van der Waals surface area contributed by atoms with Crippen molar-refractivity contribution in [3.63, 3.8) is 0 Å². The van der Waals surface area contributed by atoms with Gasteiger partial charge in [-0.1, -0.05) is 6.07 Å². The highest BCUT2D eigenvalue weighted by Crippen LogP contribution is 2.37. The van der Waals surface area contributed by atoms with Gasteiger partial charge in [-0.05, 0) is 45.2 Å². The number of carbonyl (C=O) groups excluding carboxylic acids is 1. The molecule has 0 saturated heterocycles. The first kappa shape index (κ1) is 20.5. The molecule has 1 aromatic heterocycles. The van der Waals surface area contributed by atoms with Crippen molar-refractivity contribution in [3.05, 3.63) is 30.0 Å². The van der Waals surface area contributed by atoms with Crippen LogP contribution in [0.2, 0.25) is 0 Å². The molecule has 2 aliphatic rings. The lowest BCUT2D eigenvalue weighted by atomic mass is 10.0. The molecule has 4 rings (SSSR count). The molecule has 30 heavy (non-hydrogen) atoms. The molecule has 162 valence electrons. The topological polar surface area (TPSA) is 137 Å². The number of rotatable bonds is 5. The normalized spacial score (nSPS) is 22.2. The van der Waals surface area contributed by atoms with E-state index in [1.54, 1.807) is 18.2 Å². The van der Waals surface area contributed by atoms with Crippen LogP contribution in [0.15, 0.2) is 29.2 Å². The number of aromatic amines is 1. The monoisotopic (exact) mass is 434 g/mol. The summed E-state index contributed by atoms with van der Waals surface area (Å²) in [6, 6.07) is 7.12. The van der Waals surface area contributed by atoms with E-state index >= 15 is 0 Å². The summed E-state index contributed by atoms with van der Waals surface area (Å²) in [7, 11) is -3.60. The van der Waals surface area contributed by atoms with Crippen LogP contribution in [-0.4, -0.2) is 43.5 Å². The van der Waals surface area contributed by atoms with Crippen LogP contribution in [0.25, 0.3) is 0 Å². The van der Waals surface area contributed by atoms with Crippen LogP contribution in [0, 0.1) is 0 Å². The number of alkyl carbamates (subject to hydrolysis) is 1. The van der Waals surface area contributed by atoms with Crippen LogP contribution in [0.1, 0.15) is 44.7 Å². The number of hydrogen-bond donors (Lipinski definition) is 5. The Hall–Kier alpha value is -2.79. The molecule has 10 nitrogen and oxygen atoms in total. The predicted molar refractivity (Wildman–Crippen MR) is 112 cm³/mol. The first-order chi connectivity index (χ1) is 14.3. The zero-order valence-corrected chi connectivity index (χ0v) is 17.7. The van der Waals surface area contributed by atoms with Gasteiger partial charge in [0.05, 0.1) is 18.0 Å². The minimum absolute atomic E-state index is 0.0360. The van der Waals surface area contributed by atoms with Gasteiger partial charge in [-0.2, -0.15) is 9.82 Å².